The topological polar surface area (TPSA) is 26.0 Å². The molecule has 0 fully saturated rings. The van der Waals surface area contributed by atoms with E-state index in [9.17, 15) is 0 Å². The third kappa shape index (κ3) is 3.53. The van der Waals surface area contributed by atoms with Crippen molar-refractivity contribution in [2.45, 2.75) is 27.7 Å². The maximum atomic E-state index is 5.71. The molecule has 1 heteroatoms. The SMILES string of the molecule is C#Cc1c(C#CC)c(C#CC)c(C#CC)c(C#CC)c1C#CN. The van der Waals surface area contributed by atoms with Crippen LogP contribution < -0.4 is 5.73 Å². The molecule has 0 radical (unpaired) electrons. The molecule has 0 saturated heterocycles. The second-order valence-electron chi connectivity index (χ2n) is 4.16. The molecule has 0 saturated carbocycles. The van der Waals surface area contributed by atoms with Crippen molar-refractivity contribution in [3.05, 3.63) is 33.4 Å². The highest BCUT2D eigenvalue weighted by molar-refractivity contribution is 5.76. The monoisotopic (exact) mass is 293 g/mol. The van der Waals surface area contributed by atoms with Crippen molar-refractivity contribution < 1.29 is 0 Å². The highest BCUT2D eigenvalue weighted by Gasteiger charge is 2.19. The first-order chi connectivity index (χ1) is 11.2. The van der Waals surface area contributed by atoms with Crippen molar-refractivity contribution in [1.82, 2.24) is 0 Å². The van der Waals surface area contributed by atoms with Gasteiger partial charge in [0, 0.05) is 6.04 Å². The molecule has 0 aliphatic heterocycles. The van der Waals surface area contributed by atoms with Crippen molar-refractivity contribution in [2.75, 3.05) is 0 Å². The lowest BCUT2D eigenvalue weighted by Crippen LogP contribution is -2.04. The Morgan fingerprint density at radius 2 is 0.870 bits per heavy atom. The summed E-state index contributed by atoms with van der Waals surface area (Å²) in [6, 6.07) is 2.40. The predicted octanol–water partition coefficient (Wildman–Crippen LogP) is 2.42. The van der Waals surface area contributed by atoms with Gasteiger partial charge >= 0.3 is 0 Å². The zero-order valence-electron chi connectivity index (χ0n) is 13.7. The summed E-state index contributed by atoms with van der Waals surface area (Å²) < 4.78 is 0. The Hall–Kier alpha value is -3.62. The van der Waals surface area contributed by atoms with Gasteiger partial charge in [0.25, 0.3) is 0 Å². The molecule has 2 N–H and O–H groups in total. The second kappa shape index (κ2) is 8.62. The highest BCUT2D eigenvalue weighted by Crippen LogP contribution is 2.26. The molecule has 0 spiro atoms. The summed E-state index contributed by atoms with van der Waals surface area (Å²) in [7, 11) is 0. The number of hydrogen-bond donors (Lipinski definition) is 1. The molecule has 1 aromatic carbocycles. The van der Waals surface area contributed by atoms with Crippen LogP contribution >= 0.6 is 0 Å². The predicted molar refractivity (Wildman–Crippen MR) is 95.7 cm³/mol. The highest BCUT2D eigenvalue weighted by atomic mass is 14.5. The molecule has 1 nitrogen and oxygen atoms in total. The summed E-state index contributed by atoms with van der Waals surface area (Å²) in [5, 5.41) is 0. The number of benzene rings is 1. The van der Waals surface area contributed by atoms with E-state index in [1.807, 2.05) is 0 Å². The van der Waals surface area contributed by atoms with E-state index in [0.717, 1.165) is 0 Å². The van der Waals surface area contributed by atoms with Crippen molar-refractivity contribution in [3.63, 3.8) is 0 Å². The zero-order chi connectivity index (χ0) is 17.2. The van der Waals surface area contributed by atoms with Gasteiger partial charge in [0.15, 0.2) is 0 Å². The van der Waals surface area contributed by atoms with Gasteiger partial charge in [0.2, 0.25) is 0 Å². The molecule has 0 atom stereocenters. The van der Waals surface area contributed by atoms with Crippen LogP contribution in [0.2, 0.25) is 0 Å². The van der Waals surface area contributed by atoms with E-state index in [2.05, 4.69) is 65.2 Å². The molecule has 1 rings (SSSR count). The standard InChI is InChI=1S/C22H15N/c1-6-11-18-17(10-5)22(15-16-23)21(14-9-4)20(13-8-3)19(18)12-7-2/h5H,23H2,1-4H3. The van der Waals surface area contributed by atoms with Crippen molar-refractivity contribution in [3.8, 4) is 71.7 Å². The molecule has 0 heterocycles. The molecular formula is C22H15N. The maximum Gasteiger partial charge on any atom is 0.0603 e. The first-order valence-electron chi connectivity index (χ1n) is 6.83. The van der Waals surface area contributed by atoms with E-state index in [1.165, 1.54) is 0 Å². The fraction of sp³-hybridized carbons (Fsp3) is 0.182. The minimum absolute atomic E-state index is 0.550. The van der Waals surface area contributed by atoms with Gasteiger partial charge in [-0.05, 0) is 33.6 Å². The minimum Gasteiger partial charge on any atom is -0.359 e. The molecule has 0 unspecified atom stereocenters. The quantitative estimate of drug-likeness (QED) is 0.577. The van der Waals surface area contributed by atoms with Crippen LogP contribution in [0.3, 0.4) is 0 Å². The van der Waals surface area contributed by atoms with Gasteiger partial charge in [-0.3, -0.25) is 0 Å². The zero-order valence-corrected chi connectivity index (χ0v) is 13.7. The Morgan fingerprint density at radius 3 is 1.13 bits per heavy atom. The van der Waals surface area contributed by atoms with Crippen LogP contribution in [0.4, 0.5) is 0 Å². The van der Waals surface area contributed by atoms with Gasteiger partial charge in [-0.15, -0.1) is 30.1 Å². The van der Waals surface area contributed by atoms with Crippen LogP contribution in [0.1, 0.15) is 61.1 Å². The number of rotatable bonds is 0. The third-order valence-electron chi connectivity index (χ3n) is 2.84. The molecule has 0 amide bonds. The van der Waals surface area contributed by atoms with E-state index in [0.29, 0.717) is 33.4 Å². The van der Waals surface area contributed by atoms with Gasteiger partial charge in [-0.2, -0.15) is 0 Å². The average molecular weight is 293 g/mol. The van der Waals surface area contributed by atoms with E-state index < -0.39 is 0 Å². The summed E-state index contributed by atoms with van der Waals surface area (Å²) in [6.07, 6.45) is 5.71. The van der Waals surface area contributed by atoms with Crippen LogP contribution in [-0.4, -0.2) is 0 Å². The fourth-order valence-electron chi connectivity index (χ4n) is 2.09. The maximum absolute atomic E-state index is 5.71. The van der Waals surface area contributed by atoms with E-state index in [-0.39, 0.29) is 0 Å². The van der Waals surface area contributed by atoms with Crippen molar-refractivity contribution in [1.29, 1.82) is 0 Å². The van der Waals surface area contributed by atoms with Gasteiger partial charge in [0.05, 0.1) is 33.4 Å². The Balaban J connectivity index is 4.34. The van der Waals surface area contributed by atoms with Crippen LogP contribution in [0.25, 0.3) is 0 Å². The fourth-order valence-corrected chi connectivity index (χ4v) is 2.09. The van der Waals surface area contributed by atoms with Gasteiger partial charge in [-0.25, -0.2) is 0 Å². The van der Waals surface area contributed by atoms with Gasteiger partial charge in [0.1, 0.15) is 0 Å². The lowest BCUT2D eigenvalue weighted by Gasteiger charge is -2.11. The smallest absolute Gasteiger partial charge is 0.0603 e. The largest absolute Gasteiger partial charge is 0.359 e. The normalized spacial score (nSPS) is 7.26. The average Bonchev–Trinajstić information content (AvgIpc) is 2.54. The number of terminal acetylenes is 1. The molecular weight excluding hydrogens is 278 g/mol. The first-order valence-corrected chi connectivity index (χ1v) is 6.83. The minimum atomic E-state index is 0.550. The van der Waals surface area contributed by atoms with Crippen LogP contribution in [0.15, 0.2) is 0 Å². The Labute approximate surface area is 139 Å². The Kier molecular flexibility index (Phi) is 6.53. The summed E-state index contributed by atoms with van der Waals surface area (Å²) in [5.41, 5.74) is 9.19. The molecule has 23 heavy (non-hydrogen) atoms. The third-order valence-corrected chi connectivity index (χ3v) is 2.84. The Morgan fingerprint density at radius 1 is 0.565 bits per heavy atom. The van der Waals surface area contributed by atoms with Crippen LogP contribution in [0.5, 0.6) is 0 Å². The van der Waals surface area contributed by atoms with Crippen molar-refractivity contribution >= 4 is 0 Å². The number of hydrogen-bond acceptors (Lipinski definition) is 1. The number of nitrogens with two attached hydrogens (primary N) is 1. The van der Waals surface area contributed by atoms with Gasteiger partial charge in [-0.1, -0.05) is 29.6 Å². The summed E-state index contributed by atoms with van der Waals surface area (Å²) >= 11 is 0. The second-order valence-corrected chi connectivity index (χ2v) is 4.16. The summed E-state index contributed by atoms with van der Waals surface area (Å²) in [6.45, 7) is 6.98. The molecule has 0 aliphatic carbocycles. The van der Waals surface area contributed by atoms with Crippen LogP contribution in [-0.2, 0) is 0 Å². The molecule has 0 aromatic heterocycles. The van der Waals surface area contributed by atoms with E-state index in [1.54, 1.807) is 27.7 Å². The molecule has 0 aliphatic rings. The van der Waals surface area contributed by atoms with E-state index >= 15 is 0 Å². The lowest BCUT2D eigenvalue weighted by molar-refractivity contribution is 1.43. The molecule has 1 aromatic rings. The summed E-state index contributed by atoms with van der Waals surface area (Å²) in [5.74, 6) is 29.2. The van der Waals surface area contributed by atoms with E-state index in [4.69, 9.17) is 12.2 Å². The lowest BCUT2D eigenvalue weighted by atomic mass is 9.87. The van der Waals surface area contributed by atoms with Crippen molar-refractivity contribution in [2.24, 2.45) is 5.73 Å². The Bertz CT molecular complexity index is 922. The van der Waals surface area contributed by atoms with Gasteiger partial charge < -0.3 is 5.73 Å². The molecule has 108 valence electrons. The first kappa shape index (κ1) is 17.4. The molecule has 0 bridgehead atoms. The summed E-state index contributed by atoms with van der Waals surface area (Å²) in [4.78, 5) is 0. The van der Waals surface area contributed by atoms with Crippen LogP contribution in [0, 0.1) is 71.7 Å².